The lowest BCUT2D eigenvalue weighted by Crippen LogP contribution is -2.28. The van der Waals surface area contributed by atoms with E-state index in [9.17, 15) is 9.59 Å². The molecule has 5 heteroatoms. The first-order valence-corrected chi connectivity index (χ1v) is 9.55. The first kappa shape index (κ1) is 17.3. The lowest BCUT2D eigenvalue weighted by molar-refractivity contribution is -0.125. The summed E-state index contributed by atoms with van der Waals surface area (Å²) in [6.45, 7) is 3.08. The number of thioether (sulfide) groups is 1. The quantitative estimate of drug-likeness (QED) is 0.798. The molecule has 24 heavy (non-hydrogen) atoms. The van der Waals surface area contributed by atoms with Gasteiger partial charge in [-0.25, -0.2) is 0 Å². The molecule has 1 aromatic carbocycles. The molecule has 1 aliphatic heterocycles. The molecule has 1 heterocycles. The summed E-state index contributed by atoms with van der Waals surface area (Å²) < 4.78 is 5.99. The molecule has 2 amide bonds. The average molecular weight is 347 g/mol. The molecular weight excluding hydrogens is 322 g/mol. The van der Waals surface area contributed by atoms with Crippen LogP contribution in [0.1, 0.15) is 44.6 Å². The third kappa shape index (κ3) is 3.94. The predicted molar refractivity (Wildman–Crippen MR) is 96.4 cm³/mol. The summed E-state index contributed by atoms with van der Waals surface area (Å²) >= 11 is 1.12. The Hall–Kier alpha value is -1.49. The van der Waals surface area contributed by atoms with Crippen LogP contribution in [0.5, 0.6) is 5.75 Å². The minimum absolute atomic E-state index is 0.101. The first-order chi connectivity index (χ1) is 11.5. The second-order valence-electron chi connectivity index (χ2n) is 7.28. The molecule has 0 aromatic heterocycles. The summed E-state index contributed by atoms with van der Waals surface area (Å²) in [5, 5.41) is -0.457. The maximum Gasteiger partial charge on any atom is 0.288 e. The number of carbonyl (C=O) groups is 2. The fraction of sp³-hybridized carbons (Fsp3) is 0.579. The number of ether oxygens (including phenoxy) is 1. The number of rotatable bonds is 5. The molecule has 0 spiro atoms. The number of hydrogen-bond donors (Lipinski definition) is 0. The summed E-state index contributed by atoms with van der Waals surface area (Å²) in [4.78, 5) is 24.7. The third-order valence-electron chi connectivity index (χ3n) is 5.12. The van der Waals surface area contributed by atoms with E-state index < -0.39 is 0 Å². The molecule has 1 atom stereocenters. The van der Waals surface area contributed by atoms with Crippen LogP contribution in [0.3, 0.4) is 0 Å². The van der Waals surface area contributed by atoms with Gasteiger partial charge in [-0.1, -0.05) is 50.1 Å². The molecule has 2 fully saturated rings. The lowest BCUT2D eigenvalue weighted by Gasteiger charge is -2.33. The normalized spacial score (nSPS) is 23.6. The maximum absolute atomic E-state index is 12.0. The number of carbonyl (C=O) groups excluding carboxylic acids is 2. The molecule has 1 saturated heterocycles. The van der Waals surface area contributed by atoms with E-state index >= 15 is 0 Å². The minimum Gasteiger partial charge on any atom is -0.493 e. The van der Waals surface area contributed by atoms with E-state index in [0.717, 1.165) is 29.7 Å². The van der Waals surface area contributed by atoms with Crippen LogP contribution in [-0.2, 0) is 11.2 Å². The van der Waals surface area contributed by atoms with Gasteiger partial charge < -0.3 is 4.74 Å². The SMILES string of the molecule is CN1C(=O)SC(Cc2ccc(OCC3(C)CCCCC3)cc2)C1=O. The molecule has 0 N–H and O–H groups in total. The second-order valence-corrected chi connectivity index (χ2v) is 8.43. The highest BCUT2D eigenvalue weighted by Gasteiger charge is 2.36. The Balaban J connectivity index is 1.54. The molecule has 1 aromatic rings. The Morgan fingerprint density at radius 2 is 1.83 bits per heavy atom. The number of amides is 2. The van der Waals surface area contributed by atoms with Crippen molar-refractivity contribution in [2.24, 2.45) is 5.41 Å². The van der Waals surface area contributed by atoms with Crippen molar-refractivity contribution in [2.45, 2.75) is 50.7 Å². The highest BCUT2D eigenvalue weighted by atomic mass is 32.2. The van der Waals surface area contributed by atoms with Crippen molar-refractivity contribution >= 4 is 22.9 Å². The van der Waals surface area contributed by atoms with Crippen molar-refractivity contribution in [3.8, 4) is 5.75 Å². The number of nitrogens with zero attached hydrogens (tertiary/aromatic N) is 1. The van der Waals surface area contributed by atoms with E-state index in [1.54, 1.807) is 7.05 Å². The van der Waals surface area contributed by atoms with Crippen LogP contribution in [0.4, 0.5) is 4.79 Å². The molecular formula is C19H25NO3S. The summed E-state index contributed by atoms with van der Waals surface area (Å²) in [5.74, 6) is 0.777. The van der Waals surface area contributed by atoms with Gasteiger partial charge in [0.2, 0.25) is 5.91 Å². The van der Waals surface area contributed by atoms with E-state index in [2.05, 4.69) is 6.92 Å². The summed E-state index contributed by atoms with van der Waals surface area (Å²) in [7, 11) is 1.54. The van der Waals surface area contributed by atoms with Crippen LogP contribution < -0.4 is 4.74 Å². The predicted octanol–water partition coefficient (Wildman–Crippen LogP) is 4.27. The minimum atomic E-state index is -0.296. The van der Waals surface area contributed by atoms with Crippen molar-refractivity contribution < 1.29 is 14.3 Å². The van der Waals surface area contributed by atoms with Gasteiger partial charge in [-0.2, -0.15) is 0 Å². The zero-order valence-corrected chi connectivity index (χ0v) is 15.2. The molecule has 1 unspecified atom stereocenters. The Bertz CT molecular complexity index is 608. The molecule has 2 aliphatic rings. The molecule has 3 rings (SSSR count). The Morgan fingerprint density at radius 1 is 1.17 bits per heavy atom. The van der Waals surface area contributed by atoms with Crippen LogP contribution in [0.25, 0.3) is 0 Å². The molecule has 1 saturated carbocycles. The largest absolute Gasteiger partial charge is 0.493 e. The maximum atomic E-state index is 12.0. The third-order valence-corrected chi connectivity index (χ3v) is 6.24. The highest BCUT2D eigenvalue weighted by molar-refractivity contribution is 8.15. The van der Waals surface area contributed by atoms with Crippen molar-refractivity contribution in [1.29, 1.82) is 0 Å². The first-order valence-electron chi connectivity index (χ1n) is 8.67. The highest BCUT2D eigenvalue weighted by Crippen LogP contribution is 2.36. The van der Waals surface area contributed by atoms with Crippen LogP contribution in [0.2, 0.25) is 0 Å². The van der Waals surface area contributed by atoms with E-state index in [4.69, 9.17) is 4.74 Å². The van der Waals surface area contributed by atoms with Gasteiger partial charge in [-0.05, 0) is 37.0 Å². The van der Waals surface area contributed by atoms with E-state index in [1.807, 2.05) is 24.3 Å². The van der Waals surface area contributed by atoms with Gasteiger partial charge in [-0.15, -0.1) is 0 Å². The monoisotopic (exact) mass is 347 g/mol. The summed E-state index contributed by atoms with van der Waals surface area (Å²) in [6.07, 6.45) is 7.02. The molecule has 0 radical (unpaired) electrons. The Morgan fingerprint density at radius 3 is 2.42 bits per heavy atom. The van der Waals surface area contributed by atoms with Gasteiger partial charge in [0.25, 0.3) is 5.24 Å². The Labute approximate surface area is 147 Å². The van der Waals surface area contributed by atoms with Crippen LogP contribution in [-0.4, -0.2) is 35.0 Å². The summed E-state index contributed by atoms with van der Waals surface area (Å²) in [5.41, 5.74) is 1.36. The molecule has 0 bridgehead atoms. The zero-order chi connectivity index (χ0) is 17.2. The van der Waals surface area contributed by atoms with E-state index in [0.29, 0.717) is 11.8 Å². The van der Waals surface area contributed by atoms with Gasteiger partial charge >= 0.3 is 0 Å². The van der Waals surface area contributed by atoms with Gasteiger partial charge in [0, 0.05) is 12.5 Å². The smallest absolute Gasteiger partial charge is 0.288 e. The Kier molecular flexibility index (Phi) is 5.18. The fourth-order valence-electron chi connectivity index (χ4n) is 3.43. The second kappa shape index (κ2) is 7.18. The number of imide groups is 1. The van der Waals surface area contributed by atoms with Crippen molar-refractivity contribution in [2.75, 3.05) is 13.7 Å². The fourth-order valence-corrected chi connectivity index (χ4v) is 4.46. The van der Waals surface area contributed by atoms with Crippen molar-refractivity contribution in [3.63, 3.8) is 0 Å². The van der Waals surface area contributed by atoms with Crippen LogP contribution in [0, 0.1) is 5.41 Å². The number of benzene rings is 1. The number of hydrogen-bond acceptors (Lipinski definition) is 4. The van der Waals surface area contributed by atoms with E-state index in [1.165, 1.54) is 37.0 Å². The molecule has 1 aliphatic carbocycles. The standard InChI is InChI=1S/C19H25NO3S/c1-19(10-4-3-5-11-19)13-23-15-8-6-14(7-9-15)12-16-17(21)20(2)18(22)24-16/h6-9,16H,3-5,10-13H2,1-2H3. The van der Waals surface area contributed by atoms with Gasteiger partial charge in [0.1, 0.15) is 5.75 Å². The molecule has 4 nitrogen and oxygen atoms in total. The zero-order valence-electron chi connectivity index (χ0n) is 14.4. The van der Waals surface area contributed by atoms with Crippen molar-refractivity contribution in [1.82, 2.24) is 4.90 Å². The van der Waals surface area contributed by atoms with Gasteiger partial charge in [0.15, 0.2) is 0 Å². The average Bonchev–Trinajstić information content (AvgIpc) is 2.82. The lowest BCUT2D eigenvalue weighted by atomic mass is 9.76. The van der Waals surface area contributed by atoms with Crippen molar-refractivity contribution in [3.05, 3.63) is 29.8 Å². The van der Waals surface area contributed by atoms with Gasteiger partial charge in [0.05, 0.1) is 11.9 Å². The summed E-state index contributed by atoms with van der Waals surface area (Å²) in [6, 6.07) is 7.93. The van der Waals surface area contributed by atoms with Crippen LogP contribution >= 0.6 is 11.8 Å². The van der Waals surface area contributed by atoms with Gasteiger partial charge in [-0.3, -0.25) is 14.5 Å². The topological polar surface area (TPSA) is 46.6 Å². The molecule has 130 valence electrons. The van der Waals surface area contributed by atoms with E-state index in [-0.39, 0.29) is 16.4 Å². The van der Waals surface area contributed by atoms with Crippen LogP contribution in [0.15, 0.2) is 24.3 Å².